The SMILES string of the molecule is COc1ccc(/C=C2\SC(=S)N(CCC(=O)NCc3ccc(-c4csc(-c5ccccc5)n4)cc3)C2=O)cc1. The van der Waals surface area contributed by atoms with Gasteiger partial charge in [0.1, 0.15) is 15.1 Å². The topological polar surface area (TPSA) is 71.5 Å². The van der Waals surface area contributed by atoms with E-state index >= 15 is 0 Å². The number of thioether (sulfide) groups is 1. The van der Waals surface area contributed by atoms with E-state index in [2.05, 4.69) is 22.8 Å². The van der Waals surface area contributed by atoms with Gasteiger partial charge in [0.05, 0.1) is 17.7 Å². The molecule has 1 fully saturated rings. The molecule has 2 amide bonds. The molecule has 1 aliphatic rings. The van der Waals surface area contributed by atoms with Crippen molar-refractivity contribution in [1.82, 2.24) is 15.2 Å². The van der Waals surface area contributed by atoms with Gasteiger partial charge in [0, 0.05) is 36.0 Å². The molecule has 39 heavy (non-hydrogen) atoms. The first-order valence-electron chi connectivity index (χ1n) is 12.3. The van der Waals surface area contributed by atoms with Gasteiger partial charge in [0.25, 0.3) is 5.91 Å². The summed E-state index contributed by atoms with van der Waals surface area (Å²) >= 11 is 8.26. The highest BCUT2D eigenvalue weighted by atomic mass is 32.2. The summed E-state index contributed by atoms with van der Waals surface area (Å²) < 4.78 is 5.63. The number of carbonyl (C=O) groups is 2. The third-order valence-electron chi connectivity index (χ3n) is 6.11. The zero-order valence-corrected chi connectivity index (χ0v) is 23.6. The van der Waals surface area contributed by atoms with Crippen molar-refractivity contribution in [3.05, 3.63) is 100 Å². The third kappa shape index (κ3) is 6.62. The molecule has 0 unspecified atom stereocenters. The summed E-state index contributed by atoms with van der Waals surface area (Å²) in [5.41, 5.74) is 4.93. The monoisotopic (exact) mass is 571 g/mol. The quantitative estimate of drug-likeness (QED) is 0.185. The minimum absolute atomic E-state index is 0.140. The Bertz CT molecular complexity index is 1510. The van der Waals surface area contributed by atoms with Crippen molar-refractivity contribution in [2.45, 2.75) is 13.0 Å². The van der Waals surface area contributed by atoms with Gasteiger partial charge in [-0.25, -0.2) is 4.98 Å². The molecule has 0 saturated carbocycles. The van der Waals surface area contributed by atoms with E-state index in [9.17, 15) is 9.59 Å². The summed E-state index contributed by atoms with van der Waals surface area (Å²) in [4.78, 5) is 32.2. The Labute approximate surface area is 240 Å². The van der Waals surface area contributed by atoms with Crippen LogP contribution in [0.5, 0.6) is 5.75 Å². The maximum Gasteiger partial charge on any atom is 0.266 e. The van der Waals surface area contributed by atoms with Crippen LogP contribution in [0.15, 0.2) is 89.1 Å². The number of nitrogens with zero attached hydrogens (tertiary/aromatic N) is 2. The van der Waals surface area contributed by atoms with Crippen LogP contribution in [0.3, 0.4) is 0 Å². The summed E-state index contributed by atoms with van der Waals surface area (Å²) in [5.74, 6) is 0.430. The smallest absolute Gasteiger partial charge is 0.266 e. The fourth-order valence-corrected chi connectivity index (χ4v) is 6.10. The van der Waals surface area contributed by atoms with Crippen LogP contribution in [0, 0.1) is 0 Å². The summed E-state index contributed by atoms with van der Waals surface area (Å²) in [6, 6.07) is 25.6. The fourth-order valence-electron chi connectivity index (χ4n) is 3.96. The van der Waals surface area contributed by atoms with E-state index in [1.165, 1.54) is 16.7 Å². The molecule has 5 rings (SSSR count). The molecule has 1 saturated heterocycles. The Morgan fingerprint density at radius 3 is 2.49 bits per heavy atom. The molecule has 0 aliphatic carbocycles. The largest absolute Gasteiger partial charge is 0.497 e. The summed E-state index contributed by atoms with van der Waals surface area (Å²) in [7, 11) is 1.61. The van der Waals surface area contributed by atoms with Crippen molar-refractivity contribution in [1.29, 1.82) is 0 Å². The van der Waals surface area contributed by atoms with Crippen molar-refractivity contribution in [3.63, 3.8) is 0 Å². The first kappa shape index (κ1) is 26.8. The maximum absolute atomic E-state index is 12.9. The normalized spacial score (nSPS) is 14.2. The predicted molar refractivity (Wildman–Crippen MR) is 162 cm³/mol. The number of ether oxygens (including phenoxy) is 1. The maximum atomic E-state index is 12.9. The number of amides is 2. The molecule has 9 heteroatoms. The number of hydrogen-bond donors (Lipinski definition) is 1. The average Bonchev–Trinajstić information content (AvgIpc) is 3.57. The van der Waals surface area contributed by atoms with E-state index in [4.69, 9.17) is 21.9 Å². The van der Waals surface area contributed by atoms with Crippen LogP contribution in [0.2, 0.25) is 0 Å². The highest BCUT2D eigenvalue weighted by Crippen LogP contribution is 2.33. The summed E-state index contributed by atoms with van der Waals surface area (Å²) in [5, 5.41) is 5.97. The van der Waals surface area contributed by atoms with E-state index in [1.54, 1.807) is 24.5 Å². The van der Waals surface area contributed by atoms with Crippen molar-refractivity contribution in [2.24, 2.45) is 0 Å². The van der Waals surface area contributed by atoms with Gasteiger partial charge in [-0.3, -0.25) is 14.5 Å². The predicted octanol–water partition coefficient (Wildman–Crippen LogP) is 6.39. The Balaban J connectivity index is 1.11. The van der Waals surface area contributed by atoms with Crippen LogP contribution in [-0.4, -0.2) is 39.7 Å². The third-order valence-corrected chi connectivity index (χ3v) is 8.38. The number of methoxy groups -OCH3 is 1. The molecule has 6 nitrogen and oxygen atoms in total. The van der Waals surface area contributed by atoms with Crippen LogP contribution in [-0.2, 0) is 16.1 Å². The Morgan fingerprint density at radius 2 is 1.77 bits per heavy atom. The molecule has 0 bridgehead atoms. The molecule has 0 atom stereocenters. The molecule has 2 heterocycles. The lowest BCUT2D eigenvalue weighted by atomic mass is 10.1. The van der Waals surface area contributed by atoms with Gasteiger partial charge < -0.3 is 10.1 Å². The zero-order valence-electron chi connectivity index (χ0n) is 21.1. The summed E-state index contributed by atoms with van der Waals surface area (Å²) in [6.07, 6.45) is 1.97. The lowest BCUT2D eigenvalue weighted by Gasteiger charge is -2.14. The molecule has 3 aromatic carbocycles. The van der Waals surface area contributed by atoms with E-state index in [1.807, 2.05) is 66.7 Å². The van der Waals surface area contributed by atoms with E-state index in [-0.39, 0.29) is 24.8 Å². The van der Waals surface area contributed by atoms with Crippen molar-refractivity contribution in [2.75, 3.05) is 13.7 Å². The molecule has 4 aromatic rings. The highest BCUT2D eigenvalue weighted by Gasteiger charge is 2.32. The van der Waals surface area contributed by atoms with Crippen LogP contribution in [0.4, 0.5) is 0 Å². The van der Waals surface area contributed by atoms with Crippen LogP contribution < -0.4 is 10.1 Å². The zero-order chi connectivity index (χ0) is 27.2. The van der Waals surface area contributed by atoms with Crippen molar-refractivity contribution in [3.8, 4) is 27.6 Å². The van der Waals surface area contributed by atoms with Crippen molar-refractivity contribution >= 4 is 57.5 Å². The number of thiazole rings is 1. The Morgan fingerprint density at radius 1 is 1.03 bits per heavy atom. The Kier molecular flexibility index (Phi) is 8.51. The minimum Gasteiger partial charge on any atom is -0.497 e. The Hall–Kier alpha value is -3.79. The van der Waals surface area contributed by atoms with Crippen LogP contribution in [0.1, 0.15) is 17.5 Å². The van der Waals surface area contributed by atoms with Gasteiger partial charge in [-0.05, 0) is 29.3 Å². The molecular weight excluding hydrogens is 547 g/mol. The molecule has 0 spiro atoms. The van der Waals surface area contributed by atoms with Gasteiger partial charge in [-0.2, -0.15) is 0 Å². The second-order valence-electron chi connectivity index (χ2n) is 8.73. The number of thiocarbonyl (C=S) groups is 1. The number of nitrogens with one attached hydrogen (secondary N) is 1. The van der Waals surface area contributed by atoms with Gasteiger partial charge in [-0.15, -0.1) is 11.3 Å². The van der Waals surface area contributed by atoms with Gasteiger partial charge in [-0.1, -0.05) is 90.7 Å². The van der Waals surface area contributed by atoms with Gasteiger partial charge >= 0.3 is 0 Å². The highest BCUT2D eigenvalue weighted by molar-refractivity contribution is 8.26. The summed E-state index contributed by atoms with van der Waals surface area (Å²) in [6.45, 7) is 0.643. The van der Waals surface area contributed by atoms with Gasteiger partial charge in [0.2, 0.25) is 5.91 Å². The fraction of sp³-hybridized carbons (Fsp3) is 0.133. The lowest BCUT2D eigenvalue weighted by molar-refractivity contribution is -0.123. The minimum atomic E-state index is -0.179. The molecule has 1 N–H and O–H groups in total. The second kappa shape index (κ2) is 12.4. The van der Waals surface area contributed by atoms with E-state index in [0.29, 0.717) is 15.8 Å². The van der Waals surface area contributed by atoms with Crippen LogP contribution in [0.25, 0.3) is 27.9 Å². The number of hydrogen-bond acceptors (Lipinski definition) is 7. The number of rotatable bonds is 9. The molecule has 196 valence electrons. The second-order valence-corrected chi connectivity index (χ2v) is 11.3. The molecule has 1 aromatic heterocycles. The average molecular weight is 572 g/mol. The van der Waals surface area contributed by atoms with E-state index in [0.717, 1.165) is 38.7 Å². The lowest BCUT2D eigenvalue weighted by Crippen LogP contribution is -2.33. The molecule has 0 radical (unpaired) electrons. The number of aromatic nitrogens is 1. The first-order valence-corrected chi connectivity index (χ1v) is 14.4. The standard InChI is InChI=1S/C30H25N3O3S3/c1-36-24-13-9-20(10-14-24)17-26-29(35)33(30(37)39-26)16-15-27(34)31-18-21-7-11-22(12-8-21)25-19-38-28(32-25)23-5-3-2-4-6-23/h2-14,17,19H,15-16,18H2,1H3,(H,31,34)/b26-17-. The van der Waals surface area contributed by atoms with Crippen LogP contribution >= 0.6 is 35.3 Å². The first-order chi connectivity index (χ1) is 19.0. The number of benzene rings is 3. The molecule has 1 aliphatic heterocycles. The number of carbonyl (C=O) groups excluding carboxylic acids is 2. The van der Waals surface area contributed by atoms with Crippen molar-refractivity contribution < 1.29 is 14.3 Å². The van der Waals surface area contributed by atoms with E-state index < -0.39 is 0 Å². The van der Waals surface area contributed by atoms with Gasteiger partial charge in [0.15, 0.2) is 0 Å². The molecular formula is C30H25N3O3S3.